The third kappa shape index (κ3) is 9.02. The van der Waals surface area contributed by atoms with E-state index in [4.69, 9.17) is 5.73 Å². The highest BCUT2D eigenvalue weighted by Gasteiger charge is 2.40. The molecule has 0 saturated carbocycles. The lowest BCUT2D eigenvalue weighted by molar-refractivity contribution is -0.146. The monoisotopic (exact) mass is 613 g/mol. The maximum absolute atomic E-state index is 13.8. The van der Waals surface area contributed by atoms with Crippen LogP contribution >= 0.6 is 0 Å². The predicted octanol–water partition coefficient (Wildman–Crippen LogP) is 0.0698. The molecule has 8 N–H and O–H groups in total. The molecule has 0 radical (unpaired) electrons. The topological polar surface area (TPSA) is 220 Å². The molecule has 0 unspecified atom stereocenters. The Morgan fingerprint density at radius 1 is 0.977 bits per heavy atom. The standard InChI is InChI=1S/C30H43N7O7/c1-16(2)24(29(42)37-11-5-6-23(37)28(41)36-25(17(3)4)30(43)44)35-27(40)22(12-18-7-9-20(38)10-8-18)34-26(39)21(31)13-19-14-32-15-33-19/h7-10,14-17,21-25,38H,5-6,11-13,31H2,1-4H3,(H,32,33)(H,34,39)(H,35,40)(H,36,41)(H,43,44)/t21-,22-,23-,24-,25-/m0/s1. The molecule has 0 bridgehead atoms. The molecule has 14 heteroatoms. The van der Waals surface area contributed by atoms with Gasteiger partial charge in [-0.3, -0.25) is 19.2 Å². The van der Waals surface area contributed by atoms with E-state index in [-0.39, 0.29) is 37.0 Å². The molecule has 240 valence electrons. The van der Waals surface area contributed by atoms with Gasteiger partial charge in [0.05, 0.1) is 18.1 Å². The molecule has 1 aromatic carbocycles. The van der Waals surface area contributed by atoms with E-state index >= 15 is 0 Å². The van der Waals surface area contributed by atoms with E-state index in [1.54, 1.807) is 46.0 Å². The fourth-order valence-corrected chi connectivity index (χ4v) is 5.09. The minimum absolute atomic E-state index is 0.0394. The number of amides is 4. The Morgan fingerprint density at radius 3 is 2.20 bits per heavy atom. The number of hydrogen-bond donors (Lipinski definition) is 7. The van der Waals surface area contributed by atoms with Gasteiger partial charge in [-0.1, -0.05) is 39.8 Å². The van der Waals surface area contributed by atoms with Gasteiger partial charge in [-0.2, -0.15) is 0 Å². The molecule has 4 amide bonds. The van der Waals surface area contributed by atoms with Crippen molar-refractivity contribution in [3.05, 3.63) is 48.0 Å². The molecule has 1 fully saturated rings. The number of nitrogens with zero attached hydrogens (tertiary/aromatic N) is 2. The first kappa shape index (κ1) is 34.0. The molecule has 1 aliphatic rings. The number of aliphatic carboxylic acids is 1. The van der Waals surface area contributed by atoms with Crippen LogP contribution in [0.25, 0.3) is 0 Å². The quantitative estimate of drug-likeness (QED) is 0.153. The zero-order valence-corrected chi connectivity index (χ0v) is 25.4. The summed E-state index contributed by atoms with van der Waals surface area (Å²) in [6, 6.07) is 1.01. The van der Waals surface area contributed by atoms with Crippen molar-refractivity contribution in [3.8, 4) is 5.75 Å². The Kier molecular flexibility index (Phi) is 11.9. The highest BCUT2D eigenvalue weighted by Crippen LogP contribution is 2.21. The Labute approximate surface area is 256 Å². The zero-order chi connectivity index (χ0) is 32.6. The number of imidazole rings is 1. The molecular weight excluding hydrogens is 570 g/mol. The van der Waals surface area contributed by atoms with Crippen LogP contribution in [0.1, 0.15) is 51.8 Å². The smallest absolute Gasteiger partial charge is 0.326 e. The van der Waals surface area contributed by atoms with Gasteiger partial charge >= 0.3 is 5.97 Å². The normalized spacial score (nSPS) is 17.5. The second-order valence-corrected chi connectivity index (χ2v) is 11.8. The van der Waals surface area contributed by atoms with Gasteiger partial charge in [0, 0.05) is 25.6 Å². The third-order valence-corrected chi connectivity index (χ3v) is 7.63. The van der Waals surface area contributed by atoms with Crippen LogP contribution in [0.3, 0.4) is 0 Å². The second-order valence-electron chi connectivity index (χ2n) is 11.8. The van der Waals surface area contributed by atoms with Crippen molar-refractivity contribution in [2.75, 3.05) is 6.54 Å². The van der Waals surface area contributed by atoms with E-state index in [0.29, 0.717) is 24.1 Å². The van der Waals surface area contributed by atoms with Gasteiger partial charge in [0.25, 0.3) is 0 Å². The van der Waals surface area contributed by atoms with Crippen molar-refractivity contribution in [1.29, 1.82) is 0 Å². The zero-order valence-electron chi connectivity index (χ0n) is 25.4. The van der Waals surface area contributed by atoms with Gasteiger partial charge < -0.3 is 41.8 Å². The summed E-state index contributed by atoms with van der Waals surface area (Å²) in [6.07, 6.45) is 4.15. The third-order valence-electron chi connectivity index (χ3n) is 7.63. The van der Waals surface area contributed by atoms with Crippen LogP contribution in [-0.4, -0.2) is 91.4 Å². The van der Waals surface area contributed by atoms with Crippen molar-refractivity contribution in [1.82, 2.24) is 30.8 Å². The van der Waals surface area contributed by atoms with E-state index in [1.807, 2.05) is 0 Å². The first-order valence-electron chi connectivity index (χ1n) is 14.7. The maximum Gasteiger partial charge on any atom is 0.326 e. The van der Waals surface area contributed by atoms with Crippen molar-refractivity contribution < 1.29 is 34.2 Å². The molecule has 2 aromatic rings. The van der Waals surface area contributed by atoms with E-state index in [9.17, 15) is 34.2 Å². The number of phenolic OH excluding ortho intramolecular Hbond substituents is 1. The summed E-state index contributed by atoms with van der Waals surface area (Å²) in [4.78, 5) is 73.5. The van der Waals surface area contributed by atoms with E-state index in [0.717, 1.165) is 0 Å². The number of aromatic nitrogens is 2. The largest absolute Gasteiger partial charge is 0.508 e. The SMILES string of the molecule is CC(C)[C@H](NC(=O)[C@@H]1CCCN1C(=O)[C@@H](NC(=O)[C@H](Cc1ccc(O)cc1)NC(=O)[C@@H](N)Cc1c[nH]cn1)C(C)C)C(=O)O. The highest BCUT2D eigenvalue weighted by molar-refractivity contribution is 5.96. The number of aromatic amines is 1. The molecule has 1 aliphatic heterocycles. The number of nitrogens with two attached hydrogens (primary N) is 1. The number of phenols is 1. The Morgan fingerprint density at radius 2 is 1.64 bits per heavy atom. The molecule has 0 aliphatic carbocycles. The number of carboxylic acids is 1. The molecule has 3 rings (SSSR count). The molecule has 1 aromatic heterocycles. The van der Waals surface area contributed by atoms with Crippen LogP contribution in [0.5, 0.6) is 5.75 Å². The van der Waals surface area contributed by atoms with Crippen molar-refractivity contribution in [2.45, 2.75) is 83.6 Å². The number of aromatic hydroxyl groups is 1. The van der Waals surface area contributed by atoms with Crippen LogP contribution in [0.15, 0.2) is 36.8 Å². The van der Waals surface area contributed by atoms with Crippen LogP contribution in [0.4, 0.5) is 0 Å². The number of likely N-dealkylation sites (tertiary alicyclic amines) is 1. The summed E-state index contributed by atoms with van der Waals surface area (Å²) >= 11 is 0. The molecule has 44 heavy (non-hydrogen) atoms. The Bertz CT molecular complexity index is 1300. The summed E-state index contributed by atoms with van der Waals surface area (Å²) in [5.41, 5.74) is 7.32. The van der Waals surface area contributed by atoms with E-state index in [1.165, 1.54) is 23.4 Å². The van der Waals surface area contributed by atoms with Crippen LogP contribution in [-0.2, 0) is 36.8 Å². The second kappa shape index (κ2) is 15.3. The van der Waals surface area contributed by atoms with Gasteiger partial charge in [0.15, 0.2) is 0 Å². The number of rotatable bonds is 14. The van der Waals surface area contributed by atoms with E-state index in [2.05, 4.69) is 25.9 Å². The van der Waals surface area contributed by atoms with Crippen LogP contribution in [0.2, 0.25) is 0 Å². The number of benzene rings is 1. The predicted molar refractivity (Wildman–Crippen MR) is 160 cm³/mol. The number of carbonyl (C=O) groups is 5. The van der Waals surface area contributed by atoms with Crippen molar-refractivity contribution in [3.63, 3.8) is 0 Å². The summed E-state index contributed by atoms with van der Waals surface area (Å²) < 4.78 is 0. The molecule has 1 saturated heterocycles. The average Bonchev–Trinajstić information content (AvgIpc) is 3.67. The van der Waals surface area contributed by atoms with Crippen molar-refractivity contribution in [2.24, 2.45) is 17.6 Å². The molecule has 14 nitrogen and oxygen atoms in total. The van der Waals surface area contributed by atoms with Crippen LogP contribution in [0, 0.1) is 11.8 Å². The van der Waals surface area contributed by atoms with Gasteiger partial charge in [-0.15, -0.1) is 0 Å². The summed E-state index contributed by atoms with van der Waals surface area (Å²) in [7, 11) is 0. The lowest BCUT2D eigenvalue weighted by Gasteiger charge is -2.32. The number of carbonyl (C=O) groups excluding carboxylic acids is 4. The summed E-state index contributed by atoms with van der Waals surface area (Å²) in [6.45, 7) is 7.13. The lowest BCUT2D eigenvalue weighted by Crippen LogP contribution is -2.60. The minimum Gasteiger partial charge on any atom is -0.508 e. The van der Waals surface area contributed by atoms with Gasteiger partial charge in [-0.05, 0) is 42.4 Å². The molecule has 0 spiro atoms. The highest BCUT2D eigenvalue weighted by atomic mass is 16.4. The number of carboxylic acid groups (broad SMARTS) is 1. The van der Waals surface area contributed by atoms with Gasteiger partial charge in [0.1, 0.15) is 29.9 Å². The number of H-pyrrole nitrogens is 1. The molecule has 5 atom stereocenters. The maximum atomic E-state index is 13.8. The Hall–Kier alpha value is -4.46. The minimum atomic E-state index is -1.16. The number of nitrogens with one attached hydrogen (secondary N) is 4. The van der Waals surface area contributed by atoms with Crippen molar-refractivity contribution >= 4 is 29.6 Å². The van der Waals surface area contributed by atoms with Crippen LogP contribution < -0.4 is 21.7 Å². The summed E-state index contributed by atoms with van der Waals surface area (Å²) in [5, 5.41) is 27.2. The van der Waals surface area contributed by atoms with E-state index < -0.39 is 59.8 Å². The number of hydrogen-bond acceptors (Lipinski definition) is 8. The average molecular weight is 614 g/mol. The van der Waals surface area contributed by atoms with Gasteiger partial charge in [-0.25, -0.2) is 9.78 Å². The molecule has 2 heterocycles. The summed E-state index contributed by atoms with van der Waals surface area (Å²) in [5.74, 6) is -4.13. The first-order valence-corrected chi connectivity index (χ1v) is 14.7. The Balaban J connectivity index is 1.77. The molecular formula is C30H43N7O7. The fraction of sp³-hybridized carbons (Fsp3) is 0.533. The first-order chi connectivity index (χ1) is 20.8. The van der Waals surface area contributed by atoms with Gasteiger partial charge in [0.2, 0.25) is 23.6 Å². The fourth-order valence-electron chi connectivity index (χ4n) is 5.09. The lowest BCUT2D eigenvalue weighted by atomic mass is 9.99.